The summed E-state index contributed by atoms with van der Waals surface area (Å²) in [7, 11) is 0. The van der Waals surface area contributed by atoms with Gasteiger partial charge in [0.25, 0.3) is 0 Å². The van der Waals surface area contributed by atoms with E-state index in [4.69, 9.17) is 9.84 Å². The van der Waals surface area contributed by atoms with Crippen molar-refractivity contribution in [2.75, 3.05) is 6.61 Å². The lowest BCUT2D eigenvalue weighted by Gasteiger charge is -2.09. The van der Waals surface area contributed by atoms with Gasteiger partial charge in [0.15, 0.2) is 0 Å². The molecular formula is C12H18O2. The summed E-state index contributed by atoms with van der Waals surface area (Å²) in [5.74, 6) is 0.811. The molecule has 1 N–H and O–H groups in total. The van der Waals surface area contributed by atoms with Crippen molar-refractivity contribution in [3.05, 3.63) is 29.8 Å². The molecule has 0 unspecified atom stereocenters. The maximum atomic E-state index is 9.04. The minimum atomic E-state index is 0.0456. The van der Waals surface area contributed by atoms with E-state index in [0.29, 0.717) is 0 Å². The van der Waals surface area contributed by atoms with Crippen LogP contribution < -0.4 is 4.74 Å². The van der Waals surface area contributed by atoms with Crippen molar-refractivity contribution in [1.82, 2.24) is 0 Å². The van der Waals surface area contributed by atoms with Crippen LogP contribution >= 0.6 is 0 Å². The molecule has 0 spiro atoms. The maximum absolute atomic E-state index is 9.04. The van der Waals surface area contributed by atoms with Gasteiger partial charge in [-0.15, -0.1) is 0 Å². The highest BCUT2D eigenvalue weighted by Crippen LogP contribution is 2.17. The number of hydrogen-bond acceptors (Lipinski definition) is 2. The van der Waals surface area contributed by atoms with Crippen molar-refractivity contribution >= 4 is 0 Å². The van der Waals surface area contributed by atoms with E-state index in [2.05, 4.69) is 6.92 Å². The second-order valence-corrected chi connectivity index (χ2v) is 3.32. The quantitative estimate of drug-likeness (QED) is 0.705. The Balaban J connectivity index is 2.41. The van der Waals surface area contributed by atoms with E-state index < -0.39 is 0 Å². The fourth-order valence-corrected chi connectivity index (χ4v) is 1.31. The second-order valence-electron chi connectivity index (χ2n) is 3.32. The first-order valence-electron chi connectivity index (χ1n) is 5.20. The van der Waals surface area contributed by atoms with Gasteiger partial charge in [0, 0.05) is 5.56 Å². The first-order valence-corrected chi connectivity index (χ1v) is 5.20. The number of rotatable bonds is 6. The molecule has 0 saturated heterocycles. The van der Waals surface area contributed by atoms with Gasteiger partial charge in [0.2, 0.25) is 0 Å². The lowest BCUT2D eigenvalue weighted by atomic mass is 10.2. The first kappa shape index (κ1) is 11.1. The molecule has 0 aliphatic carbocycles. The minimum Gasteiger partial charge on any atom is -0.493 e. The van der Waals surface area contributed by atoms with Crippen LogP contribution in [0.1, 0.15) is 31.7 Å². The lowest BCUT2D eigenvalue weighted by molar-refractivity contribution is 0.260. The molecule has 1 aromatic carbocycles. The van der Waals surface area contributed by atoms with Crippen LogP contribution in [0.2, 0.25) is 0 Å². The number of benzene rings is 1. The fraction of sp³-hybridized carbons (Fsp3) is 0.500. The van der Waals surface area contributed by atoms with Gasteiger partial charge in [-0.3, -0.25) is 0 Å². The van der Waals surface area contributed by atoms with E-state index in [9.17, 15) is 0 Å². The van der Waals surface area contributed by atoms with Gasteiger partial charge in [-0.25, -0.2) is 0 Å². The molecule has 2 nitrogen and oxygen atoms in total. The number of aliphatic hydroxyl groups excluding tert-OH is 1. The van der Waals surface area contributed by atoms with Crippen molar-refractivity contribution in [3.63, 3.8) is 0 Å². The Bertz CT molecular complexity index is 258. The van der Waals surface area contributed by atoms with Gasteiger partial charge < -0.3 is 9.84 Å². The van der Waals surface area contributed by atoms with E-state index >= 15 is 0 Å². The zero-order chi connectivity index (χ0) is 10.2. The van der Waals surface area contributed by atoms with E-state index in [-0.39, 0.29) is 6.61 Å². The van der Waals surface area contributed by atoms with Gasteiger partial charge in [-0.1, -0.05) is 38.0 Å². The van der Waals surface area contributed by atoms with E-state index in [1.165, 1.54) is 12.8 Å². The van der Waals surface area contributed by atoms with Crippen LogP contribution in [0.5, 0.6) is 5.75 Å². The normalized spacial score (nSPS) is 10.1. The van der Waals surface area contributed by atoms with Crippen molar-refractivity contribution in [2.45, 2.75) is 32.8 Å². The molecule has 0 heterocycles. The molecule has 2 heteroatoms. The minimum absolute atomic E-state index is 0.0456. The van der Waals surface area contributed by atoms with Gasteiger partial charge in [0.05, 0.1) is 13.2 Å². The molecule has 78 valence electrons. The predicted octanol–water partition coefficient (Wildman–Crippen LogP) is 2.75. The topological polar surface area (TPSA) is 29.5 Å². The summed E-state index contributed by atoms with van der Waals surface area (Å²) in [6.45, 7) is 2.95. The summed E-state index contributed by atoms with van der Waals surface area (Å²) in [5, 5.41) is 9.04. The molecule has 0 aromatic heterocycles. The van der Waals surface area contributed by atoms with Crippen LogP contribution in [-0.2, 0) is 6.61 Å². The average Bonchev–Trinajstić information content (AvgIpc) is 2.25. The molecule has 14 heavy (non-hydrogen) atoms. The molecule has 0 aliphatic rings. The van der Waals surface area contributed by atoms with Gasteiger partial charge in [-0.05, 0) is 12.5 Å². The molecule has 1 rings (SSSR count). The molecule has 0 radical (unpaired) electrons. The molecule has 1 aromatic rings. The van der Waals surface area contributed by atoms with Gasteiger partial charge in [-0.2, -0.15) is 0 Å². The van der Waals surface area contributed by atoms with Crippen molar-refractivity contribution in [1.29, 1.82) is 0 Å². The van der Waals surface area contributed by atoms with Crippen molar-refractivity contribution in [3.8, 4) is 5.75 Å². The second kappa shape index (κ2) is 6.44. The highest BCUT2D eigenvalue weighted by atomic mass is 16.5. The standard InChI is InChI=1S/C12H18O2/c1-2-3-6-9-14-12-8-5-4-7-11(12)10-13/h4-5,7-8,13H,2-3,6,9-10H2,1H3. The zero-order valence-corrected chi connectivity index (χ0v) is 8.70. The third-order valence-electron chi connectivity index (χ3n) is 2.15. The summed E-state index contributed by atoms with van der Waals surface area (Å²) in [6.07, 6.45) is 3.47. The van der Waals surface area contributed by atoms with Crippen LogP contribution in [0.15, 0.2) is 24.3 Å². The van der Waals surface area contributed by atoms with E-state index in [0.717, 1.165) is 24.3 Å². The SMILES string of the molecule is CCCCCOc1ccccc1CO. The molecular weight excluding hydrogens is 176 g/mol. The Morgan fingerprint density at radius 1 is 1.21 bits per heavy atom. The van der Waals surface area contributed by atoms with Crippen LogP contribution in [0.3, 0.4) is 0 Å². The van der Waals surface area contributed by atoms with Gasteiger partial charge >= 0.3 is 0 Å². The summed E-state index contributed by atoms with van der Waals surface area (Å²) in [5.41, 5.74) is 0.865. The van der Waals surface area contributed by atoms with Crippen molar-refractivity contribution in [2.24, 2.45) is 0 Å². The highest BCUT2D eigenvalue weighted by Gasteiger charge is 2.00. The Kier molecular flexibility index (Phi) is 5.08. The summed E-state index contributed by atoms with van der Waals surface area (Å²) in [4.78, 5) is 0. The zero-order valence-electron chi connectivity index (χ0n) is 8.70. The molecule has 0 aliphatic heterocycles. The number of unbranched alkanes of at least 4 members (excludes halogenated alkanes) is 2. The summed E-state index contributed by atoms with van der Waals surface area (Å²) < 4.78 is 5.57. The van der Waals surface area contributed by atoms with Crippen LogP contribution in [0.25, 0.3) is 0 Å². The highest BCUT2D eigenvalue weighted by molar-refractivity contribution is 5.32. The Labute approximate surface area is 85.5 Å². The molecule has 0 amide bonds. The summed E-state index contributed by atoms with van der Waals surface area (Å²) in [6, 6.07) is 7.62. The third-order valence-corrected chi connectivity index (χ3v) is 2.15. The predicted molar refractivity (Wildman–Crippen MR) is 57.4 cm³/mol. The van der Waals surface area contributed by atoms with Gasteiger partial charge in [0.1, 0.15) is 5.75 Å². The Hall–Kier alpha value is -1.02. The average molecular weight is 194 g/mol. The molecule has 0 saturated carbocycles. The van der Waals surface area contributed by atoms with E-state index in [1.807, 2.05) is 24.3 Å². The summed E-state index contributed by atoms with van der Waals surface area (Å²) >= 11 is 0. The number of aliphatic hydroxyl groups is 1. The Morgan fingerprint density at radius 3 is 2.71 bits per heavy atom. The monoisotopic (exact) mass is 194 g/mol. The van der Waals surface area contributed by atoms with Crippen LogP contribution in [-0.4, -0.2) is 11.7 Å². The Morgan fingerprint density at radius 2 is 2.00 bits per heavy atom. The third kappa shape index (κ3) is 3.38. The number of hydrogen-bond donors (Lipinski definition) is 1. The van der Waals surface area contributed by atoms with Crippen LogP contribution in [0.4, 0.5) is 0 Å². The van der Waals surface area contributed by atoms with Crippen molar-refractivity contribution < 1.29 is 9.84 Å². The lowest BCUT2D eigenvalue weighted by Crippen LogP contribution is -1.99. The fourth-order valence-electron chi connectivity index (χ4n) is 1.31. The largest absolute Gasteiger partial charge is 0.493 e. The smallest absolute Gasteiger partial charge is 0.124 e. The van der Waals surface area contributed by atoms with E-state index in [1.54, 1.807) is 0 Å². The molecule has 0 fully saturated rings. The molecule has 0 atom stereocenters. The molecule has 0 bridgehead atoms. The van der Waals surface area contributed by atoms with Crippen LogP contribution in [0, 0.1) is 0 Å². The first-order chi connectivity index (χ1) is 6.88. The number of ether oxygens (including phenoxy) is 1. The maximum Gasteiger partial charge on any atom is 0.124 e. The number of para-hydroxylation sites is 1.